The van der Waals surface area contributed by atoms with Gasteiger partial charge < -0.3 is 14.3 Å². The van der Waals surface area contributed by atoms with Crippen LogP contribution in [0.15, 0.2) is 53.1 Å². The predicted octanol–water partition coefficient (Wildman–Crippen LogP) is 4.09. The van der Waals surface area contributed by atoms with Gasteiger partial charge in [0.2, 0.25) is 17.7 Å². The molecular weight excluding hydrogens is 347 g/mol. The lowest BCUT2D eigenvalue weighted by Crippen LogP contribution is -2.18. The third kappa shape index (κ3) is 3.31. The smallest absolute Gasteiger partial charge is 0.249 e. The highest BCUT2D eigenvalue weighted by Crippen LogP contribution is 2.29. The molecule has 0 unspecified atom stereocenters. The van der Waals surface area contributed by atoms with Crippen molar-refractivity contribution in [3.63, 3.8) is 0 Å². The highest BCUT2D eigenvalue weighted by molar-refractivity contribution is 5.96. The molecule has 4 rings (SSSR count). The molecule has 7 heteroatoms. The Hall–Kier alpha value is -3.48. The zero-order valence-corrected chi connectivity index (χ0v) is 14.9. The first kappa shape index (κ1) is 17.0. The van der Waals surface area contributed by atoms with Gasteiger partial charge in [-0.2, -0.15) is 0 Å². The number of hydrogen-bond donors (Lipinski definition) is 1. The molecule has 0 atom stereocenters. The number of para-hydroxylation sites is 1. The second kappa shape index (κ2) is 6.68. The van der Waals surface area contributed by atoms with Crippen LogP contribution in [0.3, 0.4) is 0 Å². The Balaban J connectivity index is 1.63. The minimum atomic E-state index is -0.353. The van der Waals surface area contributed by atoms with Gasteiger partial charge in [0.25, 0.3) is 0 Å². The number of carbonyl (C=O) groups excluding carboxylic acids is 1. The number of benzene rings is 2. The molecule has 2 aromatic carbocycles. The van der Waals surface area contributed by atoms with Gasteiger partial charge in [0.1, 0.15) is 12.4 Å². The number of hydrogen-bond acceptors (Lipinski definition) is 4. The average Bonchev–Trinajstić information content (AvgIpc) is 3.22. The lowest BCUT2D eigenvalue weighted by atomic mass is 10.2. The van der Waals surface area contributed by atoms with E-state index in [1.54, 1.807) is 26.0 Å². The van der Waals surface area contributed by atoms with Gasteiger partial charge >= 0.3 is 0 Å². The summed E-state index contributed by atoms with van der Waals surface area (Å²) < 4.78 is 21.0. The fraction of sp³-hybridized carbons (Fsp3) is 0.150. The fourth-order valence-corrected chi connectivity index (χ4v) is 2.98. The van der Waals surface area contributed by atoms with Crippen LogP contribution in [-0.4, -0.2) is 20.7 Å². The van der Waals surface area contributed by atoms with Crippen LogP contribution in [0.4, 0.5) is 10.1 Å². The maximum absolute atomic E-state index is 13.7. The highest BCUT2D eigenvalue weighted by Gasteiger charge is 2.16. The lowest BCUT2D eigenvalue weighted by molar-refractivity contribution is -0.116. The molecule has 6 nitrogen and oxygen atoms in total. The minimum absolute atomic E-state index is 0.0725. The number of aromatic nitrogens is 3. The Morgan fingerprint density at radius 2 is 2.00 bits per heavy atom. The van der Waals surface area contributed by atoms with E-state index in [1.807, 2.05) is 35.0 Å². The van der Waals surface area contributed by atoms with E-state index in [0.29, 0.717) is 23.0 Å². The van der Waals surface area contributed by atoms with Crippen molar-refractivity contribution in [3.8, 4) is 11.5 Å². The average molecular weight is 364 g/mol. The van der Waals surface area contributed by atoms with E-state index < -0.39 is 0 Å². The quantitative estimate of drug-likeness (QED) is 0.592. The summed E-state index contributed by atoms with van der Waals surface area (Å²) in [6.07, 6.45) is 1.81. The standard InChI is InChI=1S/C20H17FN4O2/c1-12-7-8-14(9-17(12)21)22-19(26)11-25-10-16(20-24-23-13(2)27-20)15-5-3-4-6-18(15)25/h3-10H,11H2,1-2H3,(H,22,26). The maximum atomic E-state index is 13.7. The lowest BCUT2D eigenvalue weighted by Gasteiger charge is -2.08. The first-order valence-electron chi connectivity index (χ1n) is 8.45. The van der Waals surface area contributed by atoms with Gasteiger partial charge in [-0.25, -0.2) is 4.39 Å². The number of amides is 1. The molecule has 0 radical (unpaired) electrons. The molecule has 4 aromatic rings. The molecule has 27 heavy (non-hydrogen) atoms. The molecule has 136 valence electrons. The summed E-state index contributed by atoms with van der Waals surface area (Å²) in [4.78, 5) is 12.5. The maximum Gasteiger partial charge on any atom is 0.249 e. The van der Waals surface area contributed by atoms with Crippen molar-refractivity contribution in [1.29, 1.82) is 0 Å². The van der Waals surface area contributed by atoms with E-state index in [4.69, 9.17) is 4.42 Å². The third-order valence-corrected chi connectivity index (χ3v) is 4.31. The van der Waals surface area contributed by atoms with Gasteiger partial charge in [0, 0.05) is 29.7 Å². The summed E-state index contributed by atoms with van der Waals surface area (Å²) >= 11 is 0. The molecule has 0 aliphatic heterocycles. The van der Waals surface area contributed by atoms with Crippen LogP contribution in [0.2, 0.25) is 0 Å². The van der Waals surface area contributed by atoms with Crippen LogP contribution in [0.5, 0.6) is 0 Å². The van der Waals surface area contributed by atoms with Crippen molar-refractivity contribution in [2.75, 3.05) is 5.32 Å². The van der Waals surface area contributed by atoms with E-state index in [0.717, 1.165) is 16.5 Å². The molecule has 0 bridgehead atoms. The van der Waals surface area contributed by atoms with E-state index in [2.05, 4.69) is 15.5 Å². The number of aryl methyl sites for hydroxylation is 2. The van der Waals surface area contributed by atoms with E-state index in [9.17, 15) is 9.18 Å². The molecule has 0 spiro atoms. The Kier molecular flexibility index (Phi) is 4.19. The predicted molar refractivity (Wildman–Crippen MR) is 99.7 cm³/mol. The molecule has 2 heterocycles. The van der Waals surface area contributed by atoms with Crippen LogP contribution >= 0.6 is 0 Å². The summed E-state index contributed by atoms with van der Waals surface area (Å²) in [5.74, 6) is 0.268. The first-order chi connectivity index (χ1) is 13.0. The fourth-order valence-electron chi connectivity index (χ4n) is 2.98. The van der Waals surface area contributed by atoms with Gasteiger partial charge in [0.15, 0.2) is 0 Å². The zero-order valence-electron chi connectivity index (χ0n) is 14.9. The second-order valence-corrected chi connectivity index (χ2v) is 6.33. The number of anilines is 1. The Bertz CT molecular complexity index is 1150. The summed E-state index contributed by atoms with van der Waals surface area (Å²) in [6, 6.07) is 12.3. The molecule has 0 fully saturated rings. The highest BCUT2D eigenvalue weighted by atomic mass is 19.1. The molecule has 0 aliphatic carbocycles. The van der Waals surface area contributed by atoms with Gasteiger partial charge in [-0.05, 0) is 30.7 Å². The number of fused-ring (bicyclic) bond motifs is 1. The number of rotatable bonds is 4. The molecule has 1 N–H and O–H groups in total. The van der Waals surface area contributed by atoms with Gasteiger partial charge in [-0.15, -0.1) is 10.2 Å². The van der Waals surface area contributed by atoms with Crippen LogP contribution in [0, 0.1) is 19.7 Å². The Labute approximate surface area is 154 Å². The van der Waals surface area contributed by atoms with Crippen LogP contribution in [0.1, 0.15) is 11.5 Å². The summed E-state index contributed by atoms with van der Waals surface area (Å²) in [5.41, 5.74) is 2.59. The number of nitrogens with zero attached hydrogens (tertiary/aromatic N) is 3. The van der Waals surface area contributed by atoms with Gasteiger partial charge in [0.05, 0.1) is 5.56 Å². The van der Waals surface area contributed by atoms with Crippen LogP contribution < -0.4 is 5.32 Å². The minimum Gasteiger partial charge on any atom is -0.421 e. The van der Waals surface area contributed by atoms with E-state index in [1.165, 1.54) is 6.07 Å². The Morgan fingerprint density at radius 1 is 1.19 bits per heavy atom. The molecular formula is C20H17FN4O2. The van der Waals surface area contributed by atoms with Crippen molar-refractivity contribution in [2.24, 2.45) is 0 Å². The summed E-state index contributed by atoms with van der Waals surface area (Å²) in [5, 5.41) is 11.6. The van der Waals surface area contributed by atoms with Crippen LogP contribution in [-0.2, 0) is 11.3 Å². The second-order valence-electron chi connectivity index (χ2n) is 6.33. The Morgan fingerprint density at radius 3 is 2.74 bits per heavy atom. The van der Waals surface area contributed by atoms with Crippen molar-refractivity contribution >= 4 is 22.5 Å². The number of carbonyl (C=O) groups is 1. The molecule has 2 aromatic heterocycles. The molecule has 0 saturated carbocycles. The van der Waals surface area contributed by atoms with Crippen molar-refractivity contribution in [2.45, 2.75) is 20.4 Å². The SMILES string of the molecule is Cc1nnc(-c2cn(CC(=O)Nc3ccc(C)c(F)c3)c3ccccc23)o1. The third-order valence-electron chi connectivity index (χ3n) is 4.31. The van der Waals surface area contributed by atoms with E-state index in [-0.39, 0.29) is 18.3 Å². The number of nitrogens with one attached hydrogen (secondary N) is 1. The normalized spacial score (nSPS) is 11.1. The number of halogens is 1. The summed E-state index contributed by atoms with van der Waals surface area (Å²) in [6.45, 7) is 3.47. The van der Waals surface area contributed by atoms with Gasteiger partial charge in [-0.1, -0.05) is 24.3 Å². The molecule has 0 aliphatic rings. The van der Waals surface area contributed by atoms with Crippen molar-refractivity contribution in [1.82, 2.24) is 14.8 Å². The topological polar surface area (TPSA) is 73.0 Å². The van der Waals surface area contributed by atoms with Gasteiger partial charge in [-0.3, -0.25) is 4.79 Å². The molecule has 1 amide bonds. The van der Waals surface area contributed by atoms with E-state index >= 15 is 0 Å². The monoisotopic (exact) mass is 364 g/mol. The van der Waals surface area contributed by atoms with Crippen molar-refractivity contribution < 1.29 is 13.6 Å². The van der Waals surface area contributed by atoms with Crippen LogP contribution in [0.25, 0.3) is 22.4 Å². The van der Waals surface area contributed by atoms with Crippen molar-refractivity contribution in [3.05, 3.63) is 65.9 Å². The largest absolute Gasteiger partial charge is 0.421 e. The zero-order chi connectivity index (χ0) is 19.0. The first-order valence-corrected chi connectivity index (χ1v) is 8.45. The molecule has 0 saturated heterocycles. The summed E-state index contributed by atoms with van der Waals surface area (Å²) in [7, 11) is 0.